The molecule has 0 aromatic rings. The van der Waals surface area contributed by atoms with Gasteiger partial charge in [0.05, 0.1) is 6.10 Å². The number of carboxylic acids is 1. The van der Waals surface area contributed by atoms with Crippen molar-refractivity contribution in [1.82, 2.24) is 5.32 Å². The van der Waals surface area contributed by atoms with E-state index in [1.54, 1.807) is 0 Å². The lowest BCUT2D eigenvalue weighted by atomic mass is 9.96. The minimum atomic E-state index is -0.769. The van der Waals surface area contributed by atoms with Gasteiger partial charge < -0.3 is 9.84 Å². The van der Waals surface area contributed by atoms with Crippen LogP contribution in [0.3, 0.4) is 0 Å². The van der Waals surface area contributed by atoms with Gasteiger partial charge in [-0.15, -0.1) is 0 Å². The van der Waals surface area contributed by atoms with Gasteiger partial charge >= 0.3 is 5.97 Å². The maximum absolute atomic E-state index is 11.5. The Morgan fingerprint density at radius 2 is 2.05 bits per heavy atom. The summed E-state index contributed by atoms with van der Waals surface area (Å²) in [5.41, 5.74) is -0.769. The summed E-state index contributed by atoms with van der Waals surface area (Å²) in [6.45, 7) is 4.82. The van der Waals surface area contributed by atoms with Crippen LogP contribution in [0.4, 0.5) is 0 Å². The highest BCUT2D eigenvalue weighted by Gasteiger charge is 2.46. The van der Waals surface area contributed by atoms with Crippen LogP contribution in [0, 0.1) is 5.92 Å². The lowest BCUT2D eigenvalue weighted by Gasteiger charge is -2.28. The van der Waals surface area contributed by atoms with Crippen LogP contribution in [-0.2, 0) is 9.53 Å². The number of hydrogen-bond acceptors (Lipinski definition) is 3. The van der Waals surface area contributed by atoms with Crippen LogP contribution in [0.25, 0.3) is 0 Å². The number of nitrogens with one attached hydrogen (secondary N) is 1. The Morgan fingerprint density at radius 1 is 1.37 bits per heavy atom. The van der Waals surface area contributed by atoms with Crippen molar-refractivity contribution < 1.29 is 14.6 Å². The third-order valence-electron chi connectivity index (χ3n) is 4.49. The van der Waals surface area contributed by atoms with Crippen molar-refractivity contribution in [3.63, 3.8) is 0 Å². The maximum Gasteiger partial charge on any atom is 0.324 e. The third kappa shape index (κ3) is 3.69. The summed E-state index contributed by atoms with van der Waals surface area (Å²) in [4.78, 5) is 11.5. The van der Waals surface area contributed by atoms with Crippen molar-refractivity contribution >= 4 is 5.97 Å². The molecule has 2 rings (SSSR count). The molecule has 2 N–H and O–H groups in total. The second-order valence-corrected chi connectivity index (χ2v) is 6.53. The molecule has 0 bridgehead atoms. The monoisotopic (exact) mass is 269 g/mol. The molecule has 0 spiro atoms. The summed E-state index contributed by atoms with van der Waals surface area (Å²) in [5.74, 6) is -0.0222. The third-order valence-corrected chi connectivity index (χ3v) is 4.49. The molecule has 0 saturated heterocycles. The van der Waals surface area contributed by atoms with E-state index < -0.39 is 11.5 Å². The van der Waals surface area contributed by atoms with E-state index in [1.165, 1.54) is 25.7 Å². The molecular formula is C15H27NO3. The molecule has 0 amide bonds. The fourth-order valence-corrected chi connectivity index (χ4v) is 3.53. The molecule has 0 aromatic heterocycles. The predicted octanol–water partition coefficient (Wildman–Crippen LogP) is 2.57. The first kappa shape index (κ1) is 14.8. The fourth-order valence-electron chi connectivity index (χ4n) is 3.53. The van der Waals surface area contributed by atoms with E-state index in [-0.39, 0.29) is 12.1 Å². The number of rotatable bonds is 6. The highest BCUT2D eigenvalue weighted by atomic mass is 16.5. The molecule has 2 aliphatic carbocycles. The summed E-state index contributed by atoms with van der Waals surface area (Å²) >= 11 is 0. The topological polar surface area (TPSA) is 58.6 Å². The maximum atomic E-state index is 11.5. The first-order valence-electron chi connectivity index (χ1n) is 7.64. The molecule has 4 nitrogen and oxygen atoms in total. The quantitative estimate of drug-likeness (QED) is 0.778. The van der Waals surface area contributed by atoms with Crippen LogP contribution in [-0.4, -0.2) is 35.4 Å². The number of carboxylic acid groups (broad SMARTS) is 1. The molecule has 0 radical (unpaired) electrons. The van der Waals surface area contributed by atoms with Gasteiger partial charge in [0.2, 0.25) is 0 Å². The van der Waals surface area contributed by atoms with Crippen LogP contribution < -0.4 is 5.32 Å². The summed E-state index contributed by atoms with van der Waals surface area (Å²) in [6.07, 6.45) is 7.46. The molecule has 2 atom stereocenters. The van der Waals surface area contributed by atoms with Gasteiger partial charge in [-0.2, -0.15) is 0 Å². The Labute approximate surface area is 115 Å². The average molecular weight is 269 g/mol. The van der Waals surface area contributed by atoms with Gasteiger partial charge in [-0.3, -0.25) is 10.1 Å². The van der Waals surface area contributed by atoms with Crippen LogP contribution >= 0.6 is 0 Å². The number of ether oxygens (including phenoxy) is 1. The van der Waals surface area contributed by atoms with E-state index >= 15 is 0 Å². The van der Waals surface area contributed by atoms with E-state index in [0.29, 0.717) is 18.8 Å². The number of aliphatic carboxylic acids is 1. The van der Waals surface area contributed by atoms with E-state index in [9.17, 15) is 9.90 Å². The Balaban J connectivity index is 1.83. The fraction of sp³-hybridized carbons (Fsp3) is 0.933. The van der Waals surface area contributed by atoms with E-state index in [2.05, 4.69) is 5.32 Å². The van der Waals surface area contributed by atoms with Crippen LogP contribution in [0.1, 0.15) is 58.8 Å². The van der Waals surface area contributed by atoms with Crippen LogP contribution in [0.2, 0.25) is 0 Å². The zero-order chi connectivity index (χ0) is 13.9. The highest BCUT2D eigenvalue weighted by Crippen LogP contribution is 2.34. The van der Waals surface area contributed by atoms with Gasteiger partial charge in [0.25, 0.3) is 0 Å². The van der Waals surface area contributed by atoms with Gasteiger partial charge in [0.1, 0.15) is 5.54 Å². The summed E-state index contributed by atoms with van der Waals surface area (Å²) in [5, 5.41) is 12.7. The van der Waals surface area contributed by atoms with Crippen LogP contribution in [0.5, 0.6) is 0 Å². The number of carbonyl (C=O) groups is 1. The zero-order valence-electron chi connectivity index (χ0n) is 12.2. The average Bonchev–Trinajstić information content (AvgIpc) is 2.95. The van der Waals surface area contributed by atoms with Crippen molar-refractivity contribution in [2.75, 3.05) is 6.61 Å². The van der Waals surface area contributed by atoms with Gasteiger partial charge in [-0.25, -0.2) is 0 Å². The Bertz CT molecular complexity index is 313. The standard InChI is InChI=1S/C15H27NO3/c1-11(2)16-15(14(17)18)8-7-13(9-15)19-10-12-5-3-4-6-12/h11-13,16H,3-10H2,1-2H3,(H,17,18). The normalized spacial score (nSPS) is 32.3. The molecule has 2 aliphatic rings. The molecule has 4 heteroatoms. The zero-order valence-corrected chi connectivity index (χ0v) is 12.2. The minimum absolute atomic E-state index is 0.114. The SMILES string of the molecule is CC(C)NC1(C(=O)O)CCC(OCC2CCCC2)C1. The lowest BCUT2D eigenvalue weighted by Crippen LogP contribution is -2.53. The van der Waals surface area contributed by atoms with Crippen molar-refractivity contribution in [3.05, 3.63) is 0 Å². The molecular weight excluding hydrogens is 242 g/mol. The van der Waals surface area contributed by atoms with Gasteiger partial charge in [0.15, 0.2) is 0 Å². The highest BCUT2D eigenvalue weighted by molar-refractivity contribution is 5.79. The largest absolute Gasteiger partial charge is 0.480 e. The van der Waals surface area contributed by atoms with Crippen molar-refractivity contribution in [3.8, 4) is 0 Å². The van der Waals surface area contributed by atoms with E-state index in [4.69, 9.17) is 4.74 Å². The van der Waals surface area contributed by atoms with Crippen molar-refractivity contribution in [2.24, 2.45) is 5.92 Å². The molecule has 0 heterocycles. The predicted molar refractivity (Wildman–Crippen MR) is 74.2 cm³/mol. The van der Waals surface area contributed by atoms with Crippen molar-refractivity contribution in [2.45, 2.75) is 76.5 Å². The van der Waals surface area contributed by atoms with Crippen LogP contribution in [0.15, 0.2) is 0 Å². The molecule has 110 valence electrons. The first-order chi connectivity index (χ1) is 9.02. The molecule has 2 unspecified atom stereocenters. The lowest BCUT2D eigenvalue weighted by molar-refractivity contribution is -0.145. The van der Waals surface area contributed by atoms with Gasteiger partial charge in [-0.1, -0.05) is 12.8 Å². The molecule has 2 fully saturated rings. The van der Waals surface area contributed by atoms with Gasteiger partial charge in [0, 0.05) is 19.1 Å². The second kappa shape index (κ2) is 6.23. The molecule has 19 heavy (non-hydrogen) atoms. The van der Waals surface area contributed by atoms with E-state index in [0.717, 1.165) is 13.0 Å². The summed E-state index contributed by atoms with van der Waals surface area (Å²) in [7, 11) is 0. The second-order valence-electron chi connectivity index (χ2n) is 6.53. The van der Waals surface area contributed by atoms with E-state index in [1.807, 2.05) is 13.8 Å². The number of hydrogen-bond donors (Lipinski definition) is 2. The Hall–Kier alpha value is -0.610. The Morgan fingerprint density at radius 3 is 2.63 bits per heavy atom. The molecule has 0 aromatic carbocycles. The summed E-state index contributed by atoms with van der Waals surface area (Å²) < 4.78 is 5.97. The smallest absolute Gasteiger partial charge is 0.324 e. The summed E-state index contributed by atoms with van der Waals surface area (Å²) in [6, 6.07) is 0.185. The molecule has 2 saturated carbocycles. The molecule has 0 aliphatic heterocycles. The van der Waals surface area contributed by atoms with Gasteiger partial charge in [-0.05, 0) is 45.4 Å². The minimum Gasteiger partial charge on any atom is -0.480 e. The Kier molecular flexibility index (Phi) is 4.85. The van der Waals surface area contributed by atoms with Crippen molar-refractivity contribution in [1.29, 1.82) is 0 Å². The first-order valence-corrected chi connectivity index (χ1v) is 7.64.